The van der Waals surface area contributed by atoms with Crippen LogP contribution in [0.25, 0.3) is 0 Å². The van der Waals surface area contributed by atoms with Gasteiger partial charge in [0.25, 0.3) is 0 Å². The number of aliphatic hydroxyl groups excluding tert-OH is 1. The van der Waals surface area contributed by atoms with Crippen LogP contribution in [0.15, 0.2) is 17.5 Å². The first-order chi connectivity index (χ1) is 6.34. The molecule has 0 bridgehead atoms. The summed E-state index contributed by atoms with van der Waals surface area (Å²) in [4.78, 5) is 1.06. The average molecular weight is 202 g/mol. The summed E-state index contributed by atoms with van der Waals surface area (Å²) in [5.74, 6) is 0. The highest BCUT2D eigenvalue weighted by molar-refractivity contribution is 7.10. The lowest BCUT2D eigenvalue weighted by molar-refractivity contribution is 0.171. The van der Waals surface area contributed by atoms with E-state index in [1.165, 1.54) is 7.05 Å². The molecule has 0 saturated heterocycles. The summed E-state index contributed by atoms with van der Waals surface area (Å²) in [6.07, 6.45) is 0.499. The monoisotopic (exact) mass is 202 g/mol. The molecule has 0 radical (unpaired) electrons. The van der Waals surface area contributed by atoms with E-state index in [1.807, 2.05) is 24.6 Å². The lowest BCUT2D eigenvalue weighted by Gasteiger charge is -2.06. The molecule has 0 amide bonds. The fourth-order valence-electron chi connectivity index (χ4n) is 0.904. The van der Waals surface area contributed by atoms with Crippen LogP contribution in [0.4, 0.5) is 0 Å². The molecule has 0 aliphatic rings. The molecule has 13 heavy (non-hydrogen) atoms. The lowest BCUT2D eigenvalue weighted by Crippen LogP contribution is -2.11. The minimum absolute atomic E-state index is 0.289. The highest BCUT2D eigenvalue weighted by Crippen LogP contribution is 2.20. The lowest BCUT2D eigenvalue weighted by atomic mass is 10.2. The van der Waals surface area contributed by atoms with Crippen LogP contribution >= 0.6 is 11.3 Å². The number of nitrogens with one attached hydrogen (secondary N) is 1. The Labute approximate surface area is 83.6 Å². The molecule has 4 N–H and O–H groups in total. The summed E-state index contributed by atoms with van der Waals surface area (Å²) in [5.41, 5.74) is 4.50. The van der Waals surface area contributed by atoms with Gasteiger partial charge in [0.05, 0.1) is 6.10 Å². The topological polar surface area (TPSA) is 58.3 Å². The van der Waals surface area contributed by atoms with Crippen molar-refractivity contribution < 1.29 is 5.11 Å². The molecule has 0 fully saturated rings. The Morgan fingerprint density at radius 2 is 2.31 bits per heavy atom. The second-order valence-corrected chi connectivity index (χ2v) is 3.40. The molecule has 1 aromatic heterocycles. The zero-order valence-electron chi connectivity index (χ0n) is 8.16. The number of nitrogens with two attached hydrogens (primary N) is 1. The van der Waals surface area contributed by atoms with Gasteiger partial charge in [-0.2, -0.15) is 0 Å². The van der Waals surface area contributed by atoms with E-state index in [-0.39, 0.29) is 6.10 Å². The number of rotatable bonds is 4. The van der Waals surface area contributed by atoms with Crippen molar-refractivity contribution >= 4 is 11.3 Å². The Kier molecular flexibility index (Phi) is 7.93. The van der Waals surface area contributed by atoms with Gasteiger partial charge in [-0.1, -0.05) is 6.07 Å². The summed E-state index contributed by atoms with van der Waals surface area (Å²) in [6.45, 7) is 0.860. The fourth-order valence-corrected chi connectivity index (χ4v) is 1.65. The third kappa shape index (κ3) is 5.00. The third-order valence-electron chi connectivity index (χ3n) is 1.54. The Hall–Kier alpha value is -0.420. The zero-order valence-corrected chi connectivity index (χ0v) is 8.97. The largest absolute Gasteiger partial charge is 0.388 e. The van der Waals surface area contributed by atoms with Gasteiger partial charge in [-0.25, -0.2) is 0 Å². The first kappa shape index (κ1) is 12.6. The minimum Gasteiger partial charge on any atom is -0.388 e. The first-order valence-corrected chi connectivity index (χ1v) is 5.16. The second-order valence-electron chi connectivity index (χ2n) is 2.42. The summed E-state index contributed by atoms with van der Waals surface area (Å²) in [5, 5.41) is 14.5. The molecule has 76 valence electrons. The molecule has 1 rings (SSSR count). The highest BCUT2D eigenvalue weighted by atomic mass is 32.1. The van der Waals surface area contributed by atoms with Crippen molar-refractivity contribution in [2.24, 2.45) is 5.73 Å². The van der Waals surface area contributed by atoms with Gasteiger partial charge in [0, 0.05) is 4.88 Å². The van der Waals surface area contributed by atoms with E-state index in [4.69, 9.17) is 0 Å². The van der Waals surface area contributed by atoms with Crippen LogP contribution in [0.3, 0.4) is 0 Å². The van der Waals surface area contributed by atoms with Gasteiger partial charge in [0.15, 0.2) is 0 Å². The predicted molar refractivity (Wildman–Crippen MR) is 57.9 cm³/mol. The zero-order chi connectivity index (χ0) is 10.1. The smallest absolute Gasteiger partial charge is 0.0894 e. The van der Waals surface area contributed by atoms with E-state index >= 15 is 0 Å². The van der Waals surface area contributed by atoms with Crippen molar-refractivity contribution in [2.75, 3.05) is 20.6 Å². The van der Waals surface area contributed by atoms with Crippen molar-refractivity contribution in [3.05, 3.63) is 22.4 Å². The van der Waals surface area contributed by atoms with Crippen LogP contribution in [0.2, 0.25) is 0 Å². The van der Waals surface area contributed by atoms with Gasteiger partial charge in [0.2, 0.25) is 0 Å². The van der Waals surface area contributed by atoms with Gasteiger partial charge >= 0.3 is 0 Å². The van der Waals surface area contributed by atoms with Crippen molar-refractivity contribution in [3.8, 4) is 0 Å². The molecule has 0 unspecified atom stereocenters. The third-order valence-corrected chi connectivity index (χ3v) is 2.51. The Bertz CT molecular complexity index is 190. The maximum atomic E-state index is 9.51. The van der Waals surface area contributed by atoms with Crippen LogP contribution in [0.5, 0.6) is 0 Å². The molecule has 4 heteroatoms. The Morgan fingerprint density at radius 1 is 1.62 bits per heavy atom. The molecule has 0 saturated carbocycles. The molecule has 0 aromatic carbocycles. The molecule has 0 aliphatic carbocycles. The maximum absolute atomic E-state index is 9.51. The Balaban J connectivity index is 0.000000671. The number of thiophene rings is 1. The van der Waals surface area contributed by atoms with Gasteiger partial charge < -0.3 is 16.2 Å². The minimum atomic E-state index is -0.289. The van der Waals surface area contributed by atoms with E-state index in [9.17, 15) is 5.11 Å². The van der Waals surface area contributed by atoms with Crippen molar-refractivity contribution in [3.63, 3.8) is 0 Å². The van der Waals surface area contributed by atoms with Crippen molar-refractivity contribution in [1.29, 1.82) is 0 Å². The number of hydrogen-bond donors (Lipinski definition) is 3. The van der Waals surface area contributed by atoms with E-state index in [1.54, 1.807) is 11.3 Å². The second kappa shape index (κ2) is 8.19. The average Bonchev–Trinajstić information content (AvgIpc) is 2.70. The fraction of sp³-hybridized carbons (Fsp3) is 0.556. The molecule has 0 aliphatic heterocycles. The highest BCUT2D eigenvalue weighted by Gasteiger charge is 2.06. The van der Waals surface area contributed by atoms with E-state index < -0.39 is 0 Å². The quantitative estimate of drug-likeness (QED) is 0.682. The van der Waals surface area contributed by atoms with E-state index in [2.05, 4.69) is 11.1 Å². The Morgan fingerprint density at radius 3 is 2.77 bits per heavy atom. The van der Waals surface area contributed by atoms with Crippen LogP contribution in [0, 0.1) is 0 Å². The van der Waals surface area contributed by atoms with Gasteiger partial charge in [0.1, 0.15) is 0 Å². The standard InChI is InChI=1S/C8H13NOS.CH5N/c1-9-5-4-7(10)8-3-2-6-11-8;1-2/h2-3,6-7,9-10H,4-5H2,1H3;2H2,1H3/t7-;/m0./s1. The predicted octanol–water partition coefficient (Wildman–Crippen LogP) is 0.966. The van der Waals surface area contributed by atoms with Gasteiger partial charge in [-0.05, 0) is 38.5 Å². The molecule has 3 nitrogen and oxygen atoms in total. The van der Waals surface area contributed by atoms with E-state index in [0.717, 1.165) is 17.8 Å². The van der Waals surface area contributed by atoms with Crippen molar-refractivity contribution in [1.82, 2.24) is 5.32 Å². The molecule has 1 atom stereocenters. The molecule has 1 aromatic rings. The summed E-state index contributed by atoms with van der Waals surface area (Å²) in [6, 6.07) is 3.92. The molecular weight excluding hydrogens is 184 g/mol. The SMILES string of the molecule is CN.CNCC[C@H](O)c1cccs1. The summed E-state index contributed by atoms with van der Waals surface area (Å²) >= 11 is 1.60. The summed E-state index contributed by atoms with van der Waals surface area (Å²) < 4.78 is 0. The number of hydrogen-bond acceptors (Lipinski definition) is 4. The van der Waals surface area contributed by atoms with Crippen LogP contribution in [0.1, 0.15) is 17.4 Å². The normalized spacial score (nSPS) is 11.7. The summed E-state index contributed by atoms with van der Waals surface area (Å²) in [7, 11) is 3.39. The maximum Gasteiger partial charge on any atom is 0.0894 e. The van der Waals surface area contributed by atoms with Gasteiger partial charge in [-0.3, -0.25) is 0 Å². The molecule has 0 spiro atoms. The van der Waals surface area contributed by atoms with Crippen LogP contribution in [-0.2, 0) is 0 Å². The van der Waals surface area contributed by atoms with Crippen molar-refractivity contribution in [2.45, 2.75) is 12.5 Å². The van der Waals surface area contributed by atoms with Crippen LogP contribution < -0.4 is 11.1 Å². The van der Waals surface area contributed by atoms with Gasteiger partial charge in [-0.15, -0.1) is 11.3 Å². The molecular formula is C9H18N2OS. The number of aliphatic hydroxyl groups is 1. The first-order valence-electron chi connectivity index (χ1n) is 4.28. The molecule has 1 heterocycles. The van der Waals surface area contributed by atoms with Crippen LogP contribution in [-0.4, -0.2) is 25.7 Å². The van der Waals surface area contributed by atoms with E-state index in [0.29, 0.717) is 0 Å².